The molecule has 0 aliphatic heterocycles. The van der Waals surface area contributed by atoms with Crippen LogP contribution in [0.1, 0.15) is 55.5 Å². The second-order valence-corrected chi connectivity index (χ2v) is 15.3. The molecule has 0 saturated heterocycles. The molecule has 0 spiro atoms. The predicted octanol–water partition coefficient (Wildman–Crippen LogP) is 9.30. The van der Waals surface area contributed by atoms with Gasteiger partial charge in [-0.15, -0.1) is 40.3 Å². The number of benzene rings is 1. The molecule has 0 amide bonds. The maximum absolute atomic E-state index is 4.93. The van der Waals surface area contributed by atoms with Crippen LogP contribution < -0.4 is 5.30 Å². The summed E-state index contributed by atoms with van der Waals surface area (Å²) in [5, 5.41) is 4.42. The summed E-state index contributed by atoms with van der Waals surface area (Å²) >= 11 is -0.826. The number of hydrogen-bond acceptors (Lipinski definition) is 0. The first-order chi connectivity index (χ1) is 14.5. The van der Waals surface area contributed by atoms with Crippen LogP contribution in [0.3, 0.4) is 0 Å². The zero-order valence-corrected chi connectivity index (χ0v) is 25.6. The summed E-state index contributed by atoms with van der Waals surface area (Å²) in [4.78, 5) is 0. The van der Waals surface area contributed by atoms with Gasteiger partial charge in [0, 0.05) is 0 Å². The standard InChI is InChI=1S/C17H24P.C10H15.2ClH.Zr/c1-13(2)11-18(12-14(3)4)17-9-15-7-5-6-8-16(15)10-17;1-6-7(2)9(4)10(5)8(6)3;;;/h5-10,13-14H,11-12H2,1-4H3;1-5H3;2*1H;/q2*-1;;;+4/p-2. The molecule has 0 heterocycles. The summed E-state index contributed by atoms with van der Waals surface area (Å²) in [5.41, 5.74) is 7.34. The molecule has 0 bridgehead atoms. The number of halogens is 2. The summed E-state index contributed by atoms with van der Waals surface area (Å²) in [6.45, 7) is 20.4. The van der Waals surface area contributed by atoms with Crippen molar-refractivity contribution in [1.29, 1.82) is 0 Å². The summed E-state index contributed by atoms with van der Waals surface area (Å²) in [6, 6.07) is 13.6. The van der Waals surface area contributed by atoms with Gasteiger partial charge >= 0.3 is 37.9 Å². The van der Waals surface area contributed by atoms with Gasteiger partial charge in [0.2, 0.25) is 0 Å². The molecule has 4 heteroatoms. The Morgan fingerprint density at radius 2 is 1.35 bits per heavy atom. The van der Waals surface area contributed by atoms with E-state index in [1.54, 1.807) is 5.30 Å². The average Bonchev–Trinajstić information content (AvgIpc) is 3.21. The van der Waals surface area contributed by atoms with Crippen molar-refractivity contribution in [3.8, 4) is 0 Å². The normalized spacial score (nSPS) is 10.8. The van der Waals surface area contributed by atoms with Crippen LogP contribution in [0.4, 0.5) is 0 Å². The van der Waals surface area contributed by atoms with Gasteiger partial charge in [-0.2, -0.15) is 33.9 Å². The van der Waals surface area contributed by atoms with E-state index in [-0.39, 0.29) is 7.92 Å². The molecule has 0 fully saturated rings. The van der Waals surface area contributed by atoms with Crippen LogP contribution in [0.2, 0.25) is 0 Å². The van der Waals surface area contributed by atoms with E-state index in [0.29, 0.717) is 0 Å². The monoisotopic (exact) mass is 554 g/mol. The minimum absolute atomic E-state index is 0.0185. The molecule has 3 rings (SSSR count). The van der Waals surface area contributed by atoms with E-state index in [1.807, 2.05) is 0 Å². The molecule has 3 aromatic rings. The van der Waals surface area contributed by atoms with Crippen LogP contribution in [0.15, 0.2) is 36.4 Å². The summed E-state index contributed by atoms with van der Waals surface area (Å²) < 4.78 is 0. The van der Waals surface area contributed by atoms with Crippen molar-refractivity contribution < 1.29 is 20.8 Å². The van der Waals surface area contributed by atoms with Gasteiger partial charge < -0.3 is 0 Å². The molecule has 0 aliphatic rings. The molecule has 0 nitrogen and oxygen atoms in total. The maximum atomic E-state index is 4.93. The zero-order chi connectivity index (χ0) is 23.7. The molecule has 0 aromatic heterocycles. The van der Waals surface area contributed by atoms with Gasteiger partial charge in [0.05, 0.1) is 0 Å². The van der Waals surface area contributed by atoms with Gasteiger partial charge in [0.1, 0.15) is 0 Å². The number of fused-ring (bicyclic) bond motifs is 1. The average molecular weight is 557 g/mol. The van der Waals surface area contributed by atoms with E-state index in [2.05, 4.69) is 98.7 Å². The van der Waals surface area contributed by atoms with Crippen LogP contribution in [-0.4, -0.2) is 12.3 Å². The Hall–Kier alpha value is 0.0731. The van der Waals surface area contributed by atoms with Crippen molar-refractivity contribution in [3.05, 3.63) is 64.2 Å². The van der Waals surface area contributed by atoms with Gasteiger partial charge in [0.15, 0.2) is 0 Å². The molecule has 0 atom stereocenters. The third kappa shape index (κ3) is 9.09. The summed E-state index contributed by atoms with van der Waals surface area (Å²) in [6.07, 6.45) is 2.73. The first kappa shape index (κ1) is 29.1. The fourth-order valence-electron chi connectivity index (χ4n) is 3.89. The van der Waals surface area contributed by atoms with E-state index < -0.39 is 20.8 Å². The van der Waals surface area contributed by atoms with Crippen LogP contribution in [-0.2, 0) is 20.8 Å². The van der Waals surface area contributed by atoms with Crippen molar-refractivity contribution in [2.75, 3.05) is 12.3 Å². The van der Waals surface area contributed by atoms with E-state index in [0.717, 1.165) is 11.8 Å². The van der Waals surface area contributed by atoms with Crippen LogP contribution in [0, 0.1) is 46.5 Å². The van der Waals surface area contributed by atoms with Crippen molar-refractivity contribution in [2.24, 2.45) is 11.8 Å². The van der Waals surface area contributed by atoms with Crippen molar-refractivity contribution in [1.82, 2.24) is 0 Å². The van der Waals surface area contributed by atoms with Crippen LogP contribution in [0.25, 0.3) is 10.8 Å². The Kier molecular flexibility index (Phi) is 13.5. The Morgan fingerprint density at radius 1 is 0.903 bits per heavy atom. The van der Waals surface area contributed by atoms with Crippen molar-refractivity contribution >= 4 is 41.0 Å². The first-order valence-corrected chi connectivity index (χ1v) is 19.1. The molecule has 0 radical (unpaired) electrons. The quantitative estimate of drug-likeness (QED) is 0.217. The topological polar surface area (TPSA) is 0 Å². The zero-order valence-electron chi connectivity index (χ0n) is 20.7. The fourth-order valence-corrected chi connectivity index (χ4v) is 6.87. The molecule has 0 saturated carbocycles. The molecular formula is C27H39Cl2PZr. The third-order valence-corrected chi connectivity index (χ3v) is 9.28. The van der Waals surface area contributed by atoms with Gasteiger partial charge in [-0.05, 0) is 24.2 Å². The molecule has 0 unspecified atom stereocenters. The van der Waals surface area contributed by atoms with Crippen molar-refractivity contribution in [3.63, 3.8) is 0 Å². The van der Waals surface area contributed by atoms with Crippen LogP contribution >= 0.6 is 24.9 Å². The SMILES string of the molecule is CC(C)CP(CC(C)C)c1cc2ccccc2[cH-]1.Cc1c(C)c(C)[c-](C)c1C.[Cl][Zr+2][Cl]. The Balaban J connectivity index is 0.000000311. The van der Waals surface area contributed by atoms with Crippen molar-refractivity contribution in [2.45, 2.75) is 62.3 Å². The second-order valence-electron chi connectivity index (χ2n) is 9.23. The van der Waals surface area contributed by atoms with Gasteiger partial charge in [-0.3, -0.25) is 0 Å². The molecule has 3 aromatic carbocycles. The molecule has 31 heavy (non-hydrogen) atoms. The third-order valence-electron chi connectivity index (χ3n) is 5.95. The molecule has 0 N–H and O–H groups in total. The Labute approximate surface area is 211 Å². The predicted molar refractivity (Wildman–Crippen MR) is 143 cm³/mol. The Morgan fingerprint density at radius 3 is 1.71 bits per heavy atom. The molecular weight excluding hydrogens is 517 g/mol. The fraction of sp³-hybridized carbons (Fsp3) is 0.481. The van der Waals surface area contributed by atoms with Crippen LogP contribution in [0.5, 0.6) is 0 Å². The van der Waals surface area contributed by atoms with Gasteiger partial charge in [-0.25, -0.2) is 0 Å². The number of rotatable bonds is 5. The summed E-state index contributed by atoms with van der Waals surface area (Å²) in [5.74, 6) is 1.60. The van der Waals surface area contributed by atoms with E-state index in [4.69, 9.17) is 17.0 Å². The van der Waals surface area contributed by atoms with Gasteiger partial charge in [0.25, 0.3) is 0 Å². The first-order valence-electron chi connectivity index (χ1n) is 11.1. The van der Waals surface area contributed by atoms with E-state index >= 15 is 0 Å². The molecule has 170 valence electrons. The molecule has 0 aliphatic carbocycles. The van der Waals surface area contributed by atoms with E-state index in [1.165, 1.54) is 50.9 Å². The number of hydrogen-bond donors (Lipinski definition) is 0. The second kappa shape index (κ2) is 14.4. The summed E-state index contributed by atoms with van der Waals surface area (Å²) in [7, 11) is 9.89. The van der Waals surface area contributed by atoms with Gasteiger partial charge in [-0.1, -0.05) is 76.3 Å². The van der Waals surface area contributed by atoms with E-state index in [9.17, 15) is 0 Å². The minimum atomic E-state index is -0.826. The Bertz CT molecular complexity index is 798.